The molecule has 4 rings (SSSR count). The highest BCUT2D eigenvalue weighted by Gasteiger charge is 2.29. The van der Waals surface area contributed by atoms with E-state index in [1.54, 1.807) is 11.0 Å². The van der Waals surface area contributed by atoms with Crippen LogP contribution in [-0.2, 0) is 17.1 Å². The predicted octanol–water partition coefficient (Wildman–Crippen LogP) is 2.79. The maximum atomic E-state index is 13.0. The van der Waals surface area contributed by atoms with Crippen molar-refractivity contribution in [1.82, 2.24) is 29.0 Å². The summed E-state index contributed by atoms with van der Waals surface area (Å²) in [5.41, 5.74) is 2.56. The van der Waals surface area contributed by atoms with Gasteiger partial charge in [-0.3, -0.25) is 9.58 Å². The van der Waals surface area contributed by atoms with Gasteiger partial charge in [-0.05, 0) is 32.0 Å². The number of halogens is 2. The molecule has 9 nitrogen and oxygen atoms in total. The zero-order valence-electron chi connectivity index (χ0n) is 18.1. The van der Waals surface area contributed by atoms with E-state index in [0.29, 0.717) is 31.2 Å². The minimum atomic E-state index is -3.61. The summed E-state index contributed by atoms with van der Waals surface area (Å²) in [5, 5.41) is 8.44. The highest BCUT2D eigenvalue weighted by atomic mass is 35.5. The molecule has 1 fully saturated rings. The van der Waals surface area contributed by atoms with Crippen molar-refractivity contribution in [2.24, 2.45) is 7.05 Å². The van der Waals surface area contributed by atoms with Crippen LogP contribution in [0.3, 0.4) is 0 Å². The molecule has 32 heavy (non-hydrogen) atoms. The first kappa shape index (κ1) is 23.2. The van der Waals surface area contributed by atoms with Gasteiger partial charge in [0.2, 0.25) is 10.0 Å². The van der Waals surface area contributed by atoms with Crippen molar-refractivity contribution in [1.29, 1.82) is 0 Å². The maximum absolute atomic E-state index is 13.0. The van der Waals surface area contributed by atoms with Crippen LogP contribution < -0.4 is 5.32 Å². The number of sulfonamides is 1. The Bertz CT molecular complexity index is 1240. The van der Waals surface area contributed by atoms with Crippen molar-refractivity contribution in [2.75, 3.05) is 38.0 Å². The third kappa shape index (κ3) is 4.55. The topological polar surface area (TPSA) is 96.2 Å². The van der Waals surface area contributed by atoms with Crippen LogP contribution in [0, 0.1) is 6.92 Å². The molecule has 1 aromatic carbocycles. The van der Waals surface area contributed by atoms with Gasteiger partial charge in [0.25, 0.3) is 0 Å². The number of fused-ring (bicyclic) bond motifs is 1. The van der Waals surface area contributed by atoms with Gasteiger partial charge in [0.05, 0.1) is 20.6 Å². The van der Waals surface area contributed by atoms with Crippen molar-refractivity contribution in [3.63, 3.8) is 0 Å². The lowest BCUT2D eigenvalue weighted by molar-refractivity contribution is 0.184. The molecule has 0 bridgehead atoms. The molecule has 172 valence electrons. The molecular formula is C20H25Cl2N7O2S. The Kier molecular flexibility index (Phi) is 6.60. The van der Waals surface area contributed by atoms with Gasteiger partial charge in [0.15, 0.2) is 5.82 Å². The van der Waals surface area contributed by atoms with E-state index in [1.165, 1.54) is 22.5 Å². The van der Waals surface area contributed by atoms with Crippen LogP contribution >= 0.6 is 23.2 Å². The molecule has 1 saturated heterocycles. The lowest BCUT2D eigenvalue weighted by atomic mass is 10.2. The van der Waals surface area contributed by atoms with Crippen LogP contribution in [0.2, 0.25) is 10.0 Å². The highest BCUT2D eigenvalue weighted by molar-refractivity contribution is 7.89. The third-order valence-corrected chi connectivity index (χ3v) is 8.20. The van der Waals surface area contributed by atoms with Crippen LogP contribution in [0.15, 0.2) is 29.4 Å². The number of hydrogen-bond acceptors (Lipinski definition) is 7. The Morgan fingerprint density at radius 1 is 1.12 bits per heavy atom. The molecule has 0 spiro atoms. The van der Waals surface area contributed by atoms with Gasteiger partial charge in [-0.15, -0.1) is 0 Å². The summed E-state index contributed by atoms with van der Waals surface area (Å²) in [6.45, 7) is 6.85. The summed E-state index contributed by atoms with van der Waals surface area (Å²) in [6.07, 6.45) is 1.54. The van der Waals surface area contributed by atoms with Crippen molar-refractivity contribution in [2.45, 2.75) is 24.8 Å². The van der Waals surface area contributed by atoms with Crippen LogP contribution in [-0.4, -0.2) is 76.1 Å². The van der Waals surface area contributed by atoms with E-state index in [2.05, 4.69) is 32.2 Å². The second kappa shape index (κ2) is 9.11. The smallest absolute Gasteiger partial charge is 0.243 e. The Balaban J connectivity index is 1.37. The second-order valence-corrected chi connectivity index (χ2v) is 10.7. The second-order valence-electron chi connectivity index (χ2n) is 7.95. The van der Waals surface area contributed by atoms with Gasteiger partial charge in [-0.25, -0.2) is 18.4 Å². The van der Waals surface area contributed by atoms with Crippen LogP contribution in [0.25, 0.3) is 11.0 Å². The van der Waals surface area contributed by atoms with E-state index < -0.39 is 10.0 Å². The number of aryl methyl sites for hydroxylation is 2. The van der Waals surface area contributed by atoms with E-state index in [-0.39, 0.29) is 16.0 Å². The molecule has 2 aromatic heterocycles. The monoisotopic (exact) mass is 497 g/mol. The van der Waals surface area contributed by atoms with Crippen molar-refractivity contribution in [3.05, 3.63) is 40.3 Å². The zero-order valence-corrected chi connectivity index (χ0v) is 20.4. The lowest BCUT2D eigenvalue weighted by Crippen LogP contribution is -2.50. The number of rotatable bonds is 6. The molecule has 0 amide bonds. The summed E-state index contributed by atoms with van der Waals surface area (Å²) >= 11 is 11.9. The number of piperazine rings is 1. The van der Waals surface area contributed by atoms with Gasteiger partial charge >= 0.3 is 0 Å². The average molecular weight is 498 g/mol. The van der Waals surface area contributed by atoms with Gasteiger partial charge < -0.3 is 5.32 Å². The maximum Gasteiger partial charge on any atom is 0.243 e. The fraction of sp³-hybridized carbons (Fsp3) is 0.450. The lowest BCUT2D eigenvalue weighted by Gasteiger charge is -2.35. The third-order valence-electron chi connectivity index (χ3n) is 5.56. The van der Waals surface area contributed by atoms with E-state index in [1.807, 2.05) is 14.0 Å². The van der Waals surface area contributed by atoms with Gasteiger partial charge in [0, 0.05) is 45.8 Å². The Labute approximate surface area is 197 Å². The zero-order chi connectivity index (χ0) is 23.0. The number of aromatic nitrogens is 4. The van der Waals surface area contributed by atoms with Crippen molar-refractivity contribution >= 4 is 50.1 Å². The van der Waals surface area contributed by atoms with E-state index in [4.69, 9.17) is 23.2 Å². The van der Waals surface area contributed by atoms with Gasteiger partial charge in [0.1, 0.15) is 17.4 Å². The Morgan fingerprint density at radius 3 is 2.53 bits per heavy atom. The van der Waals surface area contributed by atoms with Gasteiger partial charge in [-0.2, -0.15) is 9.40 Å². The fourth-order valence-electron chi connectivity index (χ4n) is 3.98. The Morgan fingerprint density at radius 2 is 1.84 bits per heavy atom. The minimum Gasteiger partial charge on any atom is -0.364 e. The minimum absolute atomic E-state index is 0.0986. The summed E-state index contributed by atoms with van der Waals surface area (Å²) in [7, 11) is -1.73. The summed E-state index contributed by atoms with van der Waals surface area (Å²) in [4.78, 5) is 11.1. The van der Waals surface area contributed by atoms with Crippen LogP contribution in [0.1, 0.15) is 12.6 Å². The normalized spacial score (nSPS) is 17.0. The summed E-state index contributed by atoms with van der Waals surface area (Å²) in [5.74, 6) is 0.742. The molecule has 1 aliphatic heterocycles. The first-order valence-electron chi connectivity index (χ1n) is 10.2. The standard InChI is InChI=1S/C20H25Cl2N7O2S/c1-13(25-20-19-18(23-12-24-20)14(2)26-27(19)3)11-28-6-8-29(9-7-28)32(30,31)15-4-5-16(21)17(22)10-15/h4-5,10,12-13H,6-9,11H2,1-3H3,(H,23,24,25). The van der Waals surface area contributed by atoms with E-state index >= 15 is 0 Å². The molecule has 0 aliphatic carbocycles. The molecule has 1 N–H and O–H groups in total. The summed E-state index contributed by atoms with van der Waals surface area (Å²) < 4.78 is 29.2. The average Bonchev–Trinajstić information content (AvgIpc) is 3.05. The molecule has 1 unspecified atom stereocenters. The van der Waals surface area contributed by atoms with Crippen molar-refractivity contribution in [3.8, 4) is 0 Å². The molecule has 0 saturated carbocycles. The molecule has 12 heteroatoms. The molecule has 1 aliphatic rings. The predicted molar refractivity (Wildman–Crippen MR) is 126 cm³/mol. The first-order chi connectivity index (χ1) is 15.2. The molecule has 3 aromatic rings. The number of hydrogen-bond donors (Lipinski definition) is 1. The number of benzene rings is 1. The van der Waals surface area contributed by atoms with Gasteiger partial charge in [-0.1, -0.05) is 23.2 Å². The fourth-order valence-corrected chi connectivity index (χ4v) is 5.79. The number of nitrogens with one attached hydrogen (secondary N) is 1. The van der Waals surface area contributed by atoms with Crippen LogP contribution in [0.5, 0.6) is 0 Å². The molecule has 1 atom stereocenters. The largest absolute Gasteiger partial charge is 0.364 e. The molecular weight excluding hydrogens is 473 g/mol. The van der Waals surface area contributed by atoms with E-state index in [9.17, 15) is 8.42 Å². The highest BCUT2D eigenvalue weighted by Crippen LogP contribution is 2.27. The van der Waals surface area contributed by atoms with Crippen LogP contribution in [0.4, 0.5) is 5.82 Å². The quantitative estimate of drug-likeness (QED) is 0.559. The Hall–Kier alpha value is -1.98. The molecule has 3 heterocycles. The number of nitrogens with zero attached hydrogens (tertiary/aromatic N) is 6. The first-order valence-corrected chi connectivity index (χ1v) is 12.4. The molecule has 0 radical (unpaired) electrons. The summed E-state index contributed by atoms with van der Waals surface area (Å²) in [6, 6.07) is 4.50. The van der Waals surface area contributed by atoms with E-state index in [0.717, 1.165) is 29.1 Å². The SMILES string of the molecule is Cc1nn(C)c2c(NC(C)CN3CCN(S(=O)(=O)c4ccc(Cl)c(Cl)c4)CC3)ncnc12. The number of anilines is 1. The van der Waals surface area contributed by atoms with Crippen molar-refractivity contribution < 1.29 is 8.42 Å².